The van der Waals surface area contributed by atoms with Gasteiger partial charge in [0.25, 0.3) is 17.7 Å². The second-order valence-electron chi connectivity index (χ2n) is 17.4. The third-order valence-electron chi connectivity index (χ3n) is 13.3. The van der Waals surface area contributed by atoms with E-state index in [0.717, 1.165) is 63.1 Å². The Kier molecular flexibility index (Phi) is 13.5. The molecule has 5 amide bonds. The smallest absolute Gasteiger partial charge is 0.264 e. The molecule has 3 saturated heterocycles. The van der Waals surface area contributed by atoms with Crippen LogP contribution in [0.4, 0.5) is 10.1 Å². The number of carbonyl (C=O) groups is 6. The Morgan fingerprint density at radius 1 is 1.00 bits per heavy atom. The summed E-state index contributed by atoms with van der Waals surface area (Å²) >= 11 is 0. The van der Waals surface area contributed by atoms with Crippen molar-refractivity contribution in [1.29, 1.82) is 0 Å². The van der Waals surface area contributed by atoms with Crippen LogP contribution in [0.2, 0.25) is 0 Å². The Hall–Kier alpha value is -5.96. The molecule has 4 atom stereocenters. The number of hydrogen-bond acceptors (Lipinski definition) is 13. The van der Waals surface area contributed by atoms with Gasteiger partial charge >= 0.3 is 0 Å². The standard InChI is InChI=1S/C47H54FN7O9/c1-3-31-37(52-44(59)42(31)48)25-63-45-35-22-39(64-49)33(26(2)56)21-34(35)29(23-51-45)12-11-27-7-9-28(10-8-27)24-54-18-15-30(16-19-54)62-20-17-50-36-6-4-5-32-41(36)47(61)55(46(32)60)38-13-14-40(57)53-43(38)58/h4-6,21-23,27-28,30-31,37-38,42,50H,3,7-10,13-20,24-25,49H2,1-2H3,(H,52,59)(H,53,57,58)/t27-,28-,31-,37+,38?,42-/m0/s1. The van der Waals surface area contributed by atoms with Crippen molar-refractivity contribution in [3.63, 3.8) is 0 Å². The van der Waals surface area contributed by atoms with E-state index in [-0.39, 0.29) is 60.0 Å². The highest BCUT2D eigenvalue weighted by Crippen LogP contribution is 2.36. The summed E-state index contributed by atoms with van der Waals surface area (Å²) in [6.07, 6.45) is 6.70. The van der Waals surface area contributed by atoms with Gasteiger partial charge in [-0.3, -0.25) is 39.0 Å². The lowest BCUT2D eigenvalue weighted by Crippen LogP contribution is -2.54. The largest absolute Gasteiger partial charge is 0.475 e. The number of rotatable bonds is 14. The number of fused-ring (bicyclic) bond motifs is 2. The highest BCUT2D eigenvalue weighted by molar-refractivity contribution is 6.25. The lowest BCUT2D eigenvalue weighted by Gasteiger charge is -2.36. The van der Waals surface area contributed by atoms with Crippen molar-refractivity contribution in [1.82, 2.24) is 25.4 Å². The van der Waals surface area contributed by atoms with Gasteiger partial charge in [0, 0.05) is 67.1 Å². The highest BCUT2D eigenvalue weighted by atomic mass is 19.1. The molecular formula is C47H54FN7O9. The molecule has 8 rings (SSSR count). The van der Waals surface area contributed by atoms with E-state index in [1.807, 2.05) is 6.92 Å². The number of alkyl halides is 1. The normalized spacial score (nSPS) is 25.1. The Labute approximate surface area is 370 Å². The van der Waals surface area contributed by atoms with Crippen molar-refractivity contribution in [2.24, 2.45) is 23.7 Å². The third-order valence-corrected chi connectivity index (χ3v) is 13.3. The maximum atomic E-state index is 14.4. The van der Waals surface area contributed by atoms with Crippen LogP contribution in [0.15, 0.2) is 36.5 Å². The minimum Gasteiger partial charge on any atom is -0.475 e. The van der Waals surface area contributed by atoms with E-state index in [9.17, 15) is 33.2 Å². The van der Waals surface area contributed by atoms with Crippen molar-refractivity contribution in [2.45, 2.75) is 96.0 Å². The van der Waals surface area contributed by atoms with Gasteiger partial charge in [0.1, 0.15) is 12.6 Å². The molecule has 0 spiro atoms. The van der Waals surface area contributed by atoms with Gasteiger partial charge in [-0.15, -0.1) is 0 Å². The van der Waals surface area contributed by atoms with Gasteiger partial charge in [-0.2, -0.15) is 5.90 Å². The zero-order valence-corrected chi connectivity index (χ0v) is 36.1. The number of nitrogens with one attached hydrogen (secondary N) is 3. The molecule has 2 aromatic carbocycles. The van der Waals surface area contributed by atoms with Crippen LogP contribution in [-0.4, -0.2) is 114 Å². The Balaban J connectivity index is 0.798. The molecule has 338 valence electrons. The first-order valence-corrected chi connectivity index (χ1v) is 22.3. The van der Waals surface area contributed by atoms with E-state index in [2.05, 4.69) is 37.7 Å². The lowest BCUT2D eigenvalue weighted by atomic mass is 9.81. The van der Waals surface area contributed by atoms with E-state index in [4.69, 9.17) is 20.2 Å². The van der Waals surface area contributed by atoms with Gasteiger partial charge in [0.15, 0.2) is 17.7 Å². The van der Waals surface area contributed by atoms with Gasteiger partial charge in [-0.1, -0.05) is 24.8 Å². The summed E-state index contributed by atoms with van der Waals surface area (Å²) in [4.78, 5) is 88.3. The monoisotopic (exact) mass is 879 g/mol. The number of pyridine rings is 1. The number of nitrogens with zero attached hydrogens (tertiary/aromatic N) is 3. The van der Waals surface area contributed by atoms with Crippen LogP contribution < -0.4 is 31.4 Å². The summed E-state index contributed by atoms with van der Waals surface area (Å²) < 4.78 is 26.7. The number of Topliss-reactive ketones (excluding diaryl/α,β-unsaturated/α-hetero) is 1. The molecule has 4 fully saturated rings. The number of amides is 5. The van der Waals surface area contributed by atoms with E-state index in [1.165, 1.54) is 6.92 Å². The van der Waals surface area contributed by atoms with Crippen LogP contribution in [0, 0.1) is 29.6 Å². The molecule has 1 aliphatic carbocycles. The summed E-state index contributed by atoms with van der Waals surface area (Å²) in [6, 6.07) is 6.77. The van der Waals surface area contributed by atoms with Gasteiger partial charge in [0.2, 0.25) is 17.7 Å². The predicted molar refractivity (Wildman–Crippen MR) is 232 cm³/mol. The molecule has 3 aromatic rings. The zero-order valence-electron chi connectivity index (χ0n) is 36.1. The molecule has 5 heterocycles. The molecular weight excluding hydrogens is 826 g/mol. The topological polar surface area (TPSA) is 212 Å². The molecule has 0 radical (unpaired) electrons. The first-order chi connectivity index (χ1) is 30.9. The summed E-state index contributed by atoms with van der Waals surface area (Å²) in [5.74, 6) is 10.0. The molecule has 1 unspecified atom stereocenters. The van der Waals surface area contributed by atoms with Gasteiger partial charge in [-0.05, 0) is 88.5 Å². The summed E-state index contributed by atoms with van der Waals surface area (Å²) in [5.41, 5.74) is 1.90. The zero-order chi connectivity index (χ0) is 45.1. The van der Waals surface area contributed by atoms with Crippen molar-refractivity contribution in [3.8, 4) is 23.5 Å². The van der Waals surface area contributed by atoms with Gasteiger partial charge in [0.05, 0.1) is 41.0 Å². The summed E-state index contributed by atoms with van der Waals surface area (Å²) in [7, 11) is 0. The Morgan fingerprint density at radius 2 is 1.78 bits per heavy atom. The van der Waals surface area contributed by atoms with Crippen molar-refractivity contribution < 1.29 is 47.5 Å². The number of aromatic nitrogens is 1. The minimum absolute atomic E-state index is 0.0169. The van der Waals surface area contributed by atoms with Crippen LogP contribution in [0.3, 0.4) is 0 Å². The molecule has 16 nitrogen and oxygen atoms in total. The van der Waals surface area contributed by atoms with Crippen molar-refractivity contribution in [2.75, 3.05) is 44.7 Å². The van der Waals surface area contributed by atoms with Crippen LogP contribution in [0.1, 0.15) is 108 Å². The number of carbonyl (C=O) groups excluding carboxylic acids is 6. The molecule has 64 heavy (non-hydrogen) atoms. The molecule has 17 heteroatoms. The number of halogens is 1. The fraction of sp³-hybridized carbons (Fsp3) is 0.511. The molecule has 1 aromatic heterocycles. The number of ether oxygens (including phenoxy) is 2. The average molecular weight is 880 g/mol. The maximum Gasteiger partial charge on any atom is 0.264 e. The fourth-order valence-corrected chi connectivity index (χ4v) is 9.79. The van der Waals surface area contributed by atoms with Crippen LogP contribution in [-0.2, 0) is 19.1 Å². The number of imide groups is 2. The number of nitrogens with two attached hydrogens (primary N) is 1. The summed E-state index contributed by atoms with van der Waals surface area (Å²) in [6.45, 7) is 7.05. The number of anilines is 1. The Bertz CT molecular complexity index is 2400. The average Bonchev–Trinajstić information content (AvgIpc) is 3.72. The van der Waals surface area contributed by atoms with Gasteiger partial charge in [-0.25, -0.2) is 9.37 Å². The quantitative estimate of drug-likeness (QED) is 0.0592. The fourth-order valence-electron chi connectivity index (χ4n) is 9.79. The summed E-state index contributed by atoms with van der Waals surface area (Å²) in [5, 5.41) is 9.34. The van der Waals surface area contributed by atoms with Crippen LogP contribution in [0.5, 0.6) is 11.6 Å². The number of hydrogen-bond donors (Lipinski definition) is 4. The number of likely N-dealkylation sites (tertiary alicyclic amines) is 1. The first kappa shape index (κ1) is 44.6. The number of benzene rings is 2. The predicted octanol–water partition coefficient (Wildman–Crippen LogP) is 4.08. The van der Waals surface area contributed by atoms with Gasteiger partial charge < -0.3 is 29.8 Å². The molecule has 1 saturated carbocycles. The van der Waals surface area contributed by atoms with Crippen molar-refractivity contribution in [3.05, 3.63) is 58.8 Å². The van der Waals surface area contributed by atoms with E-state index in [1.54, 1.807) is 36.5 Å². The van der Waals surface area contributed by atoms with E-state index < -0.39 is 53.7 Å². The lowest BCUT2D eigenvalue weighted by molar-refractivity contribution is -0.136. The maximum absolute atomic E-state index is 14.4. The third kappa shape index (κ3) is 9.31. The van der Waals surface area contributed by atoms with Crippen LogP contribution >= 0.6 is 0 Å². The number of piperidine rings is 2. The van der Waals surface area contributed by atoms with E-state index >= 15 is 0 Å². The molecule has 5 aliphatic rings. The van der Waals surface area contributed by atoms with E-state index in [0.29, 0.717) is 53.1 Å². The molecule has 5 N–H and O–H groups in total. The SMILES string of the molecule is CC[C@@H]1[C@H](F)C(=O)N[C@@H]1COc1ncc(C#C[C@H]2CC[C@H](CN3CCC(OCCNc4cccc5c4C(=O)N(C4CCC(=O)NC4=O)C5=O)CC3)CC2)c2cc(C(C)=O)c(ON)cc12. The highest BCUT2D eigenvalue weighted by Gasteiger charge is 2.46. The minimum atomic E-state index is -1.59. The Morgan fingerprint density at radius 3 is 2.50 bits per heavy atom. The van der Waals surface area contributed by atoms with Crippen LogP contribution in [0.25, 0.3) is 10.8 Å². The number of ketones is 1. The molecule has 0 bridgehead atoms. The second-order valence-corrected chi connectivity index (χ2v) is 17.4. The van der Waals surface area contributed by atoms with Crippen molar-refractivity contribution >= 4 is 51.8 Å². The molecule has 4 aliphatic heterocycles. The second kappa shape index (κ2) is 19.4. The first-order valence-electron chi connectivity index (χ1n) is 22.3.